The van der Waals surface area contributed by atoms with E-state index in [1.54, 1.807) is 6.07 Å². The Morgan fingerprint density at radius 2 is 1.86 bits per heavy atom. The molecule has 1 saturated heterocycles. The van der Waals surface area contributed by atoms with Crippen LogP contribution in [0.25, 0.3) is 0 Å². The summed E-state index contributed by atoms with van der Waals surface area (Å²) < 4.78 is 15.2. The average Bonchev–Trinajstić information content (AvgIpc) is 3.21. The molecule has 1 unspecified atom stereocenters. The van der Waals surface area contributed by atoms with Crippen molar-refractivity contribution < 1.29 is 4.39 Å². The molecule has 1 aromatic carbocycles. The van der Waals surface area contributed by atoms with E-state index in [0.29, 0.717) is 28.3 Å². The average molecular weight is 520 g/mol. The van der Waals surface area contributed by atoms with E-state index in [4.69, 9.17) is 11.6 Å². The van der Waals surface area contributed by atoms with Crippen LogP contribution in [0.4, 0.5) is 21.8 Å². The van der Waals surface area contributed by atoms with Gasteiger partial charge in [-0.05, 0) is 105 Å². The van der Waals surface area contributed by atoms with Gasteiger partial charge < -0.3 is 10.6 Å². The number of nitrogens with zero attached hydrogens (tertiary/aromatic N) is 5. The Labute approximate surface area is 221 Å². The lowest BCUT2D eigenvalue weighted by atomic mass is 9.86. The molecule has 0 amide bonds. The van der Waals surface area contributed by atoms with Crippen LogP contribution in [0.3, 0.4) is 0 Å². The first-order valence-electron chi connectivity index (χ1n) is 12.6. The van der Waals surface area contributed by atoms with Crippen LogP contribution in [0.1, 0.15) is 49.3 Å². The van der Waals surface area contributed by atoms with Gasteiger partial charge in [-0.1, -0.05) is 11.6 Å². The van der Waals surface area contributed by atoms with E-state index in [0.717, 1.165) is 49.2 Å². The zero-order valence-corrected chi connectivity index (χ0v) is 22.1. The third-order valence-corrected chi connectivity index (χ3v) is 7.41. The van der Waals surface area contributed by atoms with E-state index >= 15 is 4.39 Å². The molecule has 37 heavy (non-hydrogen) atoms. The summed E-state index contributed by atoms with van der Waals surface area (Å²) in [5, 5.41) is 6.53. The second-order valence-corrected chi connectivity index (χ2v) is 10.2. The van der Waals surface area contributed by atoms with E-state index < -0.39 is 0 Å². The Morgan fingerprint density at radius 3 is 2.57 bits per heavy atom. The Hall–Kier alpha value is -3.36. The van der Waals surface area contributed by atoms with E-state index in [1.165, 1.54) is 11.8 Å². The van der Waals surface area contributed by atoms with Crippen LogP contribution in [-0.2, 0) is 6.54 Å². The number of anilines is 3. The summed E-state index contributed by atoms with van der Waals surface area (Å²) in [6.45, 7) is 8.98. The number of nitrogens with one attached hydrogen (secondary N) is 2. The first-order chi connectivity index (χ1) is 17.9. The van der Waals surface area contributed by atoms with E-state index in [2.05, 4.69) is 47.6 Å². The highest BCUT2D eigenvalue weighted by Crippen LogP contribution is 2.34. The van der Waals surface area contributed by atoms with Crippen LogP contribution >= 0.6 is 11.6 Å². The van der Waals surface area contributed by atoms with Gasteiger partial charge in [0.05, 0.1) is 17.9 Å². The fourth-order valence-corrected chi connectivity index (χ4v) is 5.03. The summed E-state index contributed by atoms with van der Waals surface area (Å²) in [7, 11) is 0. The Balaban J connectivity index is 1.25. The molecule has 5 rings (SSSR count). The summed E-state index contributed by atoms with van der Waals surface area (Å²) in [4.78, 5) is 19.8. The number of aliphatic imine (C=N–C) groups is 1. The first kappa shape index (κ1) is 25.3. The Kier molecular flexibility index (Phi) is 7.48. The molecule has 0 bridgehead atoms. The number of pyridine rings is 1. The molecule has 1 atom stereocenters. The van der Waals surface area contributed by atoms with Crippen molar-refractivity contribution in [3.05, 3.63) is 82.0 Å². The molecule has 2 aromatic heterocycles. The number of likely N-dealkylation sites (tertiary alicyclic amines) is 1. The van der Waals surface area contributed by atoms with Crippen molar-refractivity contribution in [2.75, 3.05) is 23.7 Å². The summed E-state index contributed by atoms with van der Waals surface area (Å²) in [6, 6.07) is 7.74. The number of rotatable bonds is 6. The lowest BCUT2D eigenvalue weighted by molar-refractivity contribution is 0.204. The van der Waals surface area contributed by atoms with E-state index in [1.807, 2.05) is 45.3 Å². The number of aryl methyl sites for hydroxylation is 1. The van der Waals surface area contributed by atoms with Gasteiger partial charge in [0.1, 0.15) is 16.7 Å². The SMILES string of the molecule is CC1=CC(Nc2nc(Nc3cc(C)c(C4CCN(Cc5ccncc5)CC4)cc3F)ncc2Cl)=NC1C. The minimum absolute atomic E-state index is 0.116. The van der Waals surface area contributed by atoms with Gasteiger partial charge in [-0.2, -0.15) is 4.98 Å². The highest BCUT2D eigenvalue weighted by atomic mass is 35.5. The van der Waals surface area contributed by atoms with Crippen molar-refractivity contribution in [2.24, 2.45) is 4.99 Å². The van der Waals surface area contributed by atoms with Gasteiger partial charge in [0.2, 0.25) is 5.95 Å². The fourth-order valence-electron chi connectivity index (χ4n) is 4.89. The predicted molar refractivity (Wildman–Crippen MR) is 147 cm³/mol. The smallest absolute Gasteiger partial charge is 0.229 e. The molecule has 3 aromatic rings. The topological polar surface area (TPSA) is 78.3 Å². The van der Waals surface area contributed by atoms with Gasteiger partial charge in [0.25, 0.3) is 0 Å². The summed E-state index contributed by atoms with van der Waals surface area (Å²) in [5.74, 6) is 1.39. The van der Waals surface area contributed by atoms with Crippen molar-refractivity contribution in [2.45, 2.75) is 52.1 Å². The maximum absolute atomic E-state index is 15.2. The Bertz CT molecular complexity index is 1330. The zero-order valence-electron chi connectivity index (χ0n) is 21.3. The molecule has 0 spiro atoms. The van der Waals surface area contributed by atoms with Gasteiger partial charge in [-0.15, -0.1) is 0 Å². The molecular formula is C28H31ClFN7. The number of hydrogen-bond acceptors (Lipinski definition) is 7. The lowest BCUT2D eigenvalue weighted by Gasteiger charge is -2.33. The molecule has 2 aliphatic heterocycles. The molecule has 1 fully saturated rings. The van der Waals surface area contributed by atoms with Gasteiger partial charge in [-0.25, -0.2) is 9.37 Å². The van der Waals surface area contributed by atoms with E-state index in [-0.39, 0.29) is 17.8 Å². The second-order valence-electron chi connectivity index (χ2n) is 9.81. The number of aromatic nitrogens is 3. The van der Waals surface area contributed by atoms with Gasteiger partial charge in [0, 0.05) is 18.9 Å². The zero-order chi connectivity index (χ0) is 25.9. The van der Waals surface area contributed by atoms with Crippen molar-refractivity contribution in [3.8, 4) is 0 Å². The minimum Gasteiger partial charge on any atom is -0.324 e. The molecular weight excluding hydrogens is 489 g/mol. The minimum atomic E-state index is -0.319. The largest absolute Gasteiger partial charge is 0.324 e. The highest BCUT2D eigenvalue weighted by molar-refractivity contribution is 6.33. The van der Waals surface area contributed by atoms with Crippen molar-refractivity contribution >= 4 is 34.9 Å². The molecule has 192 valence electrons. The van der Waals surface area contributed by atoms with Crippen LogP contribution in [0.5, 0.6) is 0 Å². The van der Waals surface area contributed by atoms with Crippen LogP contribution in [-0.4, -0.2) is 44.8 Å². The molecule has 2 aliphatic rings. The van der Waals surface area contributed by atoms with Crippen LogP contribution in [0.2, 0.25) is 5.02 Å². The van der Waals surface area contributed by atoms with Crippen molar-refractivity contribution in [1.82, 2.24) is 19.9 Å². The van der Waals surface area contributed by atoms with E-state index in [9.17, 15) is 0 Å². The molecule has 7 nitrogen and oxygen atoms in total. The number of halogens is 2. The van der Waals surface area contributed by atoms with Crippen molar-refractivity contribution in [3.63, 3.8) is 0 Å². The molecule has 9 heteroatoms. The number of benzene rings is 1. The summed E-state index contributed by atoms with van der Waals surface area (Å²) in [5.41, 5.74) is 4.89. The van der Waals surface area contributed by atoms with Crippen LogP contribution in [0, 0.1) is 12.7 Å². The normalized spacial score (nSPS) is 18.5. The second kappa shape index (κ2) is 10.9. The molecule has 2 N–H and O–H groups in total. The third kappa shape index (κ3) is 5.97. The molecule has 0 saturated carbocycles. The van der Waals surface area contributed by atoms with Gasteiger partial charge in [0.15, 0.2) is 5.82 Å². The maximum Gasteiger partial charge on any atom is 0.229 e. The molecule has 0 aliphatic carbocycles. The summed E-state index contributed by atoms with van der Waals surface area (Å²) >= 11 is 6.30. The first-order valence-corrected chi connectivity index (χ1v) is 13.0. The fraction of sp³-hybridized carbons (Fsp3) is 0.357. The standard InChI is InChI=1S/C28H31ClFN7/c1-17-13-26(33-19(17)3)35-27-23(29)15-32-28(36-27)34-25-12-18(2)22(14-24(25)30)21-6-10-37(11-7-21)16-20-4-8-31-9-5-20/h4-5,8-9,12-15,19,21H,6-7,10-11,16H2,1-3H3,(H2,32,33,34,35,36). The van der Waals surface area contributed by atoms with Crippen LogP contribution < -0.4 is 10.6 Å². The number of piperidine rings is 1. The van der Waals surface area contributed by atoms with Gasteiger partial charge in [-0.3, -0.25) is 14.9 Å². The van der Waals surface area contributed by atoms with Gasteiger partial charge >= 0.3 is 0 Å². The number of amidine groups is 1. The monoisotopic (exact) mass is 519 g/mol. The Morgan fingerprint density at radius 1 is 1.11 bits per heavy atom. The quantitative estimate of drug-likeness (QED) is 0.400. The van der Waals surface area contributed by atoms with Crippen LogP contribution in [0.15, 0.2) is 59.5 Å². The number of hydrogen-bond donors (Lipinski definition) is 2. The summed E-state index contributed by atoms with van der Waals surface area (Å²) in [6.07, 6.45) is 9.13. The lowest BCUT2D eigenvalue weighted by Crippen LogP contribution is -2.32. The predicted octanol–water partition coefficient (Wildman–Crippen LogP) is 6.25. The molecule has 0 radical (unpaired) electrons. The third-order valence-electron chi connectivity index (χ3n) is 7.13. The van der Waals surface area contributed by atoms with Crippen molar-refractivity contribution in [1.29, 1.82) is 0 Å². The maximum atomic E-state index is 15.2. The molecule has 4 heterocycles. The highest BCUT2D eigenvalue weighted by Gasteiger charge is 2.23.